The van der Waals surface area contributed by atoms with E-state index in [0.29, 0.717) is 55.5 Å². The normalized spacial score (nSPS) is 10.5. The number of aryl methyl sites for hydroxylation is 1. The molecule has 1 amide bonds. The highest BCUT2D eigenvalue weighted by Gasteiger charge is 2.19. The minimum absolute atomic E-state index is 0.0397. The van der Waals surface area contributed by atoms with Crippen molar-refractivity contribution in [2.45, 2.75) is 33.6 Å². The first-order chi connectivity index (χ1) is 15.1. The second kappa shape index (κ2) is 11.0. The van der Waals surface area contributed by atoms with E-state index in [1.165, 1.54) is 0 Å². The molecule has 164 valence electrons. The molecule has 0 saturated heterocycles. The average molecular weight is 425 g/mol. The quantitative estimate of drug-likeness (QED) is 0.483. The third-order valence-electron chi connectivity index (χ3n) is 4.31. The lowest BCUT2D eigenvalue weighted by Crippen LogP contribution is -2.12. The van der Waals surface area contributed by atoms with Gasteiger partial charge in [0.25, 0.3) is 0 Å². The van der Waals surface area contributed by atoms with Gasteiger partial charge in [-0.05, 0) is 44.9 Å². The van der Waals surface area contributed by atoms with Crippen molar-refractivity contribution in [1.29, 1.82) is 0 Å². The number of ether oxygens (including phenoxy) is 3. The van der Waals surface area contributed by atoms with Crippen LogP contribution in [0.25, 0.3) is 11.5 Å². The van der Waals surface area contributed by atoms with Gasteiger partial charge in [-0.2, -0.15) is 0 Å². The number of nitrogens with zero attached hydrogens (tertiary/aromatic N) is 2. The summed E-state index contributed by atoms with van der Waals surface area (Å²) in [5.74, 6) is 1.62. The van der Waals surface area contributed by atoms with Crippen molar-refractivity contribution in [3.8, 4) is 28.7 Å². The van der Waals surface area contributed by atoms with Crippen LogP contribution in [0.1, 0.15) is 32.8 Å². The Balaban J connectivity index is 1.75. The standard InChI is InChI=1S/C23H27N3O5/c1-4-28-18-14-17(15-19(29-5-2)21(18)30-6-3)22-25-26-23(31-22)24-20(27)13-12-16-10-8-7-9-11-16/h7-11,14-15H,4-6,12-13H2,1-3H3,(H,24,26,27). The van der Waals surface area contributed by atoms with Crippen molar-refractivity contribution in [1.82, 2.24) is 10.2 Å². The van der Waals surface area contributed by atoms with Crippen molar-refractivity contribution in [3.63, 3.8) is 0 Å². The minimum Gasteiger partial charge on any atom is -0.490 e. The molecule has 3 aromatic rings. The molecule has 8 heteroatoms. The summed E-state index contributed by atoms with van der Waals surface area (Å²) in [5.41, 5.74) is 1.69. The Labute approximate surface area is 181 Å². The van der Waals surface area contributed by atoms with Crippen molar-refractivity contribution in [2.24, 2.45) is 0 Å². The molecule has 0 fully saturated rings. The summed E-state index contributed by atoms with van der Waals surface area (Å²) < 4.78 is 22.8. The van der Waals surface area contributed by atoms with Gasteiger partial charge < -0.3 is 18.6 Å². The Hall–Kier alpha value is -3.55. The molecule has 0 aliphatic rings. The molecule has 0 spiro atoms. The number of rotatable bonds is 11. The van der Waals surface area contributed by atoms with Crippen LogP contribution in [0.4, 0.5) is 6.01 Å². The van der Waals surface area contributed by atoms with E-state index in [2.05, 4.69) is 15.5 Å². The first kappa shape index (κ1) is 22.1. The van der Waals surface area contributed by atoms with Crippen LogP contribution in [0.5, 0.6) is 17.2 Å². The number of amides is 1. The van der Waals surface area contributed by atoms with E-state index >= 15 is 0 Å². The lowest BCUT2D eigenvalue weighted by molar-refractivity contribution is -0.116. The Kier molecular flexibility index (Phi) is 7.86. The summed E-state index contributed by atoms with van der Waals surface area (Å²) in [7, 11) is 0. The van der Waals surface area contributed by atoms with Gasteiger partial charge in [-0.15, -0.1) is 5.10 Å². The predicted octanol–water partition coefficient (Wildman–Crippen LogP) is 4.50. The highest BCUT2D eigenvalue weighted by molar-refractivity contribution is 5.88. The Bertz CT molecular complexity index is 961. The van der Waals surface area contributed by atoms with Gasteiger partial charge >= 0.3 is 6.01 Å². The van der Waals surface area contributed by atoms with Crippen molar-refractivity contribution >= 4 is 11.9 Å². The topological polar surface area (TPSA) is 95.7 Å². The largest absolute Gasteiger partial charge is 0.490 e. The summed E-state index contributed by atoms with van der Waals surface area (Å²) in [6.07, 6.45) is 0.940. The van der Waals surface area contributed by atoms with Crippen LogP contribution in [0.15, 0.2) is 46.9 Å². The molecular weight excluding hydrogens is 398 g/mol. The van der Waals surface area contributed by atoms with E-state index in [9.17, 15) is 4.79 Å². The highest BCUT2D eigenvalue weighted by Crippen LogP contribution is 2.41. The van der Waals surface area contributed by atoms with Gasteiger partial charge in [0.2, 0.25) is 17.5 Å². The van der Waals surface area contributed by atoms with Crippen LogP contribution in [0.3, 0.4) is 0 Å². The number of hydrogen-bond donors (Lipinski definition) is 1. The summed E-state index contributed by atoms with van der Waals surface area (Å²) in [4.78, 5) is 12.2. The molecule has 0 bridgehead atoms. The molecule has 0 atom stereocenters. The predicted molar refractivity (Wildman–Crippen MR) is 117 cm³/mol. The number of anilines is 1. The Morgan fingerprint density at radius 1 is 0.935 bits per heavy atom. The summed E-state index contributed by atoms with van der Waals surface area (Å²) in [5, 5.41) is 10.6. The number of carbonyl (C=O) groups excluding carboxylic acids is 1. The first-order valence-electron chi connectivity index (χ1n) is 10.4. The van der Waals surface area contributed by atoms with E-state index in [1.807, 2.05) is 51.1 Å². The van der Waals surface area contributed by atoms with E-state index in [4.69, 9.17) is 18.6 Å². The average Bonchev–Trinajstić information content (AvgIpc) is 3.24. The van der Waals surface area contributed by atoms with Gasteiger partial charge in [0.15, 0.2) is 11.5 Å². The molecule has 0 radical (unpaired) electrons. The second-order valence-electron chi connectivity index (χ2n) is 6.55. The summed E-state index contributed by atoms with van der Waals surface area (Å²) in [6, 6.07) is 13.3. The van der Waals surface area contributed by atoms with Gasteiger partial charge in [0.1, 0.15) is 0 Å². The maximum Gasteiger partial charge on any atom is 0.322 e. The maximum absolute atomic E-state index is 12.2. The molecule has 2 aromatic carbocycles. The minimum atomic E-state index is -0.198. The number of carbonyl (C=O) groups is 1. The molecule has 0 unspecified atom stereocenters. The molecular formula is C23H27N3O5. The molecule has 0 aliphatic heterocycles. The second-order valence-corrected chi connectivity index (χ2v) is 6.55. The van der Waals surface area contributed by atoms with Crippen LogP contribution >= 0.6 is 0 Å². The SMILES string of the molecule is CCOc1cc(-c2nnc(NC(=O)CCc3ccccc3)o2)cc(OCC)c1OCC. The van der Waals surface area contributed by atoms with Crippen LogP contribution in [-0.2, 0) is 11.2 Å². The number of aromatic nitrogens is 2. The molecule has 3 rings (SSSR count). The fraction of sp³-hybridized carbons (Fsp3) is 0.348. The molecule has 1 heterocycles. The van der Waals surface area contributed by atoms with Crippen molar-refractivity contribution in [3.05, 3.63) is 48.0 Å². The van der Waals surface area contributed by atoms with Gasteiger partial charge in [0, 0.05) is 12.0 Å². The van der Waals surface area contributed by atoms with Crippen molar-refractivity contribution in [2.75, 3.05) is 25.1 Å². The van der Waals surface area contributed by atoms with Gasteiger partial charge in [-0.3, -0.25) is 10.1 Å². The molecule has 31 heavy (non-hydrogen) atoms. The number of nitrogens with one attached hydrogen (secondary N) is 1. The zero-order valence-corrected chi connectivity index (χ0v) is 18.0. The van der Waals surface area contributed by atoms with Gasteiger partial charge in [-0.1, -0.05) is 35.4 Å². The Morgan fingerprint density at radius 3 is 2.19 bits per heavy atom. The van der Waals surface area contributed by atoms with Gasteiger partial charge in [-0.25, -0.2) is 0 Å². The molecule has 8 nitrogen and oxygen atoms in total. The zero-order chi connectivity index (χ0) is 22.1. The molecule has 1 N–H and O–H groups in total. The van der Waals surface area contributed by atoms with E-state index in [0.717, 1.165) is 5.56 Å². The lowest BCUT2D eigenvalue weighted by atomic mass is 10.1. The Morgan fingerprint density at radius 2 is 1.58 bits per heavy atom. The maximum atomic E-state index is 12.2. The lowest BCUT2D eigenvalue weighted by Gasteiger charge is -2.16. The fourth-order valence-corrected chi connectivity index (χ4v) is 2.99. The molecule has 1 aromatic heterocycles. The number of hydrogen-bond acceptors (Lipinski definition) is 7. The van der Waals surface area contributed by atoms with E-state index < -0.39 is 0 Å². The monoisotopic (exact) mass is 425 g/mol. The van der Waals surface area contributed by atoms with Crippen LogP contribution in [0, 0.1) is 0 Å². The smallest absolute Gasteiger partial charge is 0.322 e. The summed E-state index contributed by atoms with van der Waals surface area (Å²) in [6.45, 7) is 7.06. The molecule has 0 saturated carbocycles. The van der Waals surface area contributed by atoms with Crippen molar-refractivity contribution < 1.29 is 23.4 Å². The third-order valence-corrected chi connectivity index (χ3v) is 4.31. The van der Waals surface area contributed by atoms with Crippen LogP contribution < -0.4 is 19.5 Å². The zero-order valence-electron chi connectivity index (χ0n) is 18.0. The van der Waals surface area contributed by atoms with Gasteiger partial charge in [0.05, 0.1) is 19.8 Å². The van der Waals surface area contributed by atoms with E-state index in [1.54, 1.807) is 12.1 Å². The third kappa shape index (κ3) is 5.97. The highest BCUT2D eigenvalue weighted by atomic mass is 16.5. The van der Waals surface area contributed by atoms with E-state index in [-0.39, 0.29) is 17.8 Å². The van der Waals surface area contributed by atoms with Crippen LogP contribution in [-0.4, -0.2) is 35.9 Å². The molecule has 0 aliphatic carbocycles. The first-order valence-corrected chi connectivity index (χ1v) is 10.4. The fourth-order valence-electron chi connectivity index (χ4n) is 2.99. The number of benzene rings is 2. The summed E-state index contributed by atoms with van der Waals surface area (Å²) >= 11 is 0. The van der Waals surface area contributed by atoms with Crippen LogP contribution in [0.2, 0.25) is 0 Å².